The minimum atomic E-state index is -0.374. The lowest BCUT2D eigenvalue weighted by atomic mass is 10.2. The summed E-state index contributed by atoms with van der Waals surface area (Å²) in [7, 11) is 0. The maximum atomic E-state index is 13.3. The second kappa shape index (κ2) is 8.38. The second-order valence-electron chi connectivity index (χ2n) is 7.03. The number of rotatable bonds is 5. The number of thioether (sulfide) groups is 1. The van der Waals surface area contributed by atoms with Gasteiger partial charge in [0.15, 0.2) is 0 Å². The maximum absolute atomic E-state index is 13.3. The van der Waals surface area contributed by atoms with Crippen LogP contribution in [0.3, 0.4) is 0 Å². The van der Waals surface area contributed by atoms with Gasteiger partial charge < -0.3 is 5.32 Å². The monoisotopic (exact) mass is 434 g/mol. The second-order valence-corrected chi connectivity index (χ2v) is 8.55. The molecule has 0 unspecified atom stereocenters. The average Bonchev–Trinajstić information content (AvgIpc) is 2.96. The quantitative estimate of drug-likeness (QED) is 0.504. The van der Waals surface area contributed by atoms with E-state index in [0.29, 0.717) is 15.6 Å². The molecule has 0 radical (unpaired) electrons. The number of benzene rings is 3. The summed E-state index contributed by atoms with van der Waals surface area (Å²) < 4.78 is 0. The largest absolute Gasteiger partial charge is 0.350 e. The summed E-state index contributed by atoms with van der Waals surface area (Å²) in [6.07, 6.45) is 0. The van der Waals surface area contributed by atoms with Crippen molar-refractivity contribution in [3.05, 3.63) is 99.5 Å². The highest BCUT2D eigenvalue weighted by molar-refractivity contribution is 8.04. The molecule has 1 aliphatic rings. The molecular formula is C24H19ClN2O2S. The number of hydrogen-bond acceptors (Lipinski definition) is 4. The summed E-state index contributed by atoms with van der Waals surface area (Å²) >= 11 is 7.23. The van der Waals surface area contributed by atoms with Crippen molar-refractivity contribution in [3.63, 3.8) is 0 Å². The van der Waals surface area contributed by atoms with Gasteiger partial charge in [0, 0.05) is 15.6 Å². The van der Waals surface area contributed by atoms with Gasteiger partial charge in [-0.15, -0.1) is 0 Å². The number of anilines is 2. The van der Waals surface area contributed by atoms with Crippen LogP contribution in [0.5, 0.6) is 0 Å². The molecule has 3 aromatic carbocycles. The third kappa shape index (κ3) is 4.13. The van der Waals surface area contributed by atoms with E-state index in [1.165, 1.54) is 16.7 Å². The molecule has 1 aliphatic heterocycles. The summed E-state index contributed by atoms with van der Waals surface area (Å²) in [5.74, 6) is -0.723. The fourth-order valence-corrected chi connectivity index (χ4v) is 4.10. The lowest BCUT2D eigenvalue weighted by molar-refractivity contribution is -0.120. The molecule has 0 saturated carbocycles. The normalized spacial score (nSPS) is 13.9. The smallest absolute Gasteiger partial charge is 0.283 e. The SMILES string of the molecule is Cc1ccc(NC2=C(Sc3ccc(Cl)cc3)C(=O)N(c3ccc(C)cc3)C2=O)cc1. The molecule has 0 aromatic heterocycles. The Morgan fingerprint density at radius 3 is 1.93 bits per heavy atom. The lowest BCUT2D eigenvalue weighted by Gasteiger charge is -2.15. The first-order valence-electron chi connectivity index (χ1n) is 9.39. The van der Waals surface area contributed by atoms with Gasteiger partial charge in [0.2, 0.25) is 0 Å². The van der Waals surface area contributed by atoms with E-state index in [1.54, 1.807) is 24.3 Å². The van der Waals surface area contributed by atoms with E-state index < -0.39 is 0 Å². The maximum Gasteiger partial charge on any atom is 0.283 e. The Kier molecular flexibility index (Phi) is 5.66. The van der Waals surface area contributed by atoms with Crippen LogP contribution in [0, 0.1) is 13.8 Å². The topological polar surface area (TPSA) is 49.4 Å². The van der Waals surface area contributed by atoms with Crippen molar-refractivity contribution in [1.29, 1.82) is 0 Å². The molecule has 2 amide bonds. The van der Waals surface area contributed by atoms with E-state index in [1.807, 2.05) is 62.4 Å². The third-order valence-corrected chi connectivity index (χ3v) is 6.03. The molecule has 3 aromatic rings. The summed E-state index contributed by atoms with van der Waals surface area (Å²) in [4.78, 5) is 29.0. The Hall–Kier alpha value is -3.02. The van der Waals surface area contributed by atoms with E-state index in [0.717, 1.165) is 21.7 Å². The zero-order valence-corrected chi connectivity index (χ0v) is 18.1. The van der Waals surface area contributed by atoms with Gasteiger partial charge in [0.1, 0.15) is 10.6 Å². The minimum Gasteiger partial charge on any atom is -0.350 e. The molecule has 150 valence electrons. The highest BCUT2D eigenvalue weighted by atomic mass is 35.5. The Morgan fingerprint density at radius 1 is 0.767 bits per heavy atom. The predicted molar refractivity (Wildman–Crippen MR) is 123 cm³/mol. The highest BCUT2D eigenvalue weighted by Crippen LogP contribution is 2.38. The first-order chi connectivity index (χ1) is 14.4. The lowest BCUT2D eigenvalue weighted by Crippen LogP contribution is -2.32. The number of hydrogen-bond donors (Lipinski definition) is 1. The highest BCUT2D eigenvalue weighted by Gasteiger charge is 2.40. The van der Waals surface area contributed by atoms with Crippen LogP contribution in [0.25, 0.3) is 0 Å². The summed E-state index contributed by atoms with van der Waals surface area (Å²) in [5.41, 5.74) is 3.73. The molecule has 0 spiro atoms. The third-order valence-electron chi connectivity index (χ3n) is 4.69. The Labute approximate surface area is 184 Å². The van der Waals surface area contributed by atoms with Crippen molar-refractivity contribution < 1.29 is 9.59 Å². The van der Waals surface area contributed by atoms with Crippen molar-refractivity contribution in [2.45, 2.75) is 18.7 Å². The van der Waals surface area contributed by atoms with E-state index in [9.17, 15) is 9.59 Å². The average molecular weight is 435 g/mol. The molecule has 1 N–H and O–H groups in total. The predicted octanol–water partition coefficient (Wildman–Crippen LogP) is 5.95. The Balaban J connectivity index is 1.73. The van der Waals surface area contributed by atoms with E-state index in [-0.39, 0.29) is 17.5 Å². The van der Waals surface area contributed by atoms with Crippen molar-refractivity contribution in [3.8, 4) is 0 Å². The molecular weight excluding hydrogens is 416 g/mol. The minimum absolute atomic E-state index is 0.268. The standard InChI is InChI=1S/C24H19ClN2O2S/c1-15-3-9-18(10-4-15)26-21-22(30-20-13-7-17(25)8-14-20)24(29)27(23(21)28)19-11-5-16(2)6-12-19/h3-14,26H,1-2H3. The van der Waals surface area contributed by atoms with Gasteiger partial charge >= 0.3 is 0 Å². The fourth-order valence-electron chi connectivity index (χ4n) is 3.04. The molecule has 0 bridgehead atoms. The Morgan fingerprint density at radius 2 is 1.33 bits per heavy atom. The molecule has 0 saturated heterocycles. The van der Waals surface area contributed by atoms with Crippen molar-refractivity contribution in [1.82, 2.24) is 0 Å². The number of carbonyl (C=O) groups excluding carboxylic acids is 2. The fraction of sp³-hybridized carbons (Fsp3) is 0.0833. The van der Waals surface area contributed by atoms with Crippen molar-refractivity contribution in [2.24, 2.45) is 0 Å². The van der Waals surface area contributed by atoms with Gasteiger partial charge in [-0.2, -0.15) is 0 Å². The van der Waals surface area contributed by atoms with Crippen LogP contribution in [-0.4, -0.2) is 11.8 Å². The van der Waals surface area contributed by atoms with Crippen LogP contribution in [0.15, 0.2) is 88.3 Å². The van der Waals surface area contributed by atoms with Crippen molar-refractivity contribution in [2.75, 3.05) is 10.2 Å². The van der Waals surface area contributed by atoms with Crippen LogP contribution < -0.4 is 10.2 Å². The summed E-state index contributed by atoms with van der Waals surface area (Å²) in [6.45, 7) is 3.95. The number of halogens is 1. The van der Waals surface area contributed by atoms with Gasteiger partial charge in [-0.25, -0.2) is 4.90 Å². The molecule has 0 aliphatic carbocycles. The van der Waals surface area contributed by atoms with Crippen LogP contribution in [0.2, 0.25) is 5.02 Å². The van der Waals surface area contributed by atoms with E-state index in [4.69, 9.17) is 11.6 Å². The van der Waals surface area contributed by atoms with Crippen LogP contribution >= 0.6 is 23.4 Å². The summed E-state index contributed by atoms with van der Waals surface area (Å²) in [5, 5.41) is 3.77. The first-order valence-corrected chi connectivity index (χ1v) is 10.6. The van der Waals surface area contributed by atoms with Crippen LogP contribution in [0.4, 0.5) is 11.4 Å². The van der Waals surface area contributed by atoms with Gasteiger partial charge in [0.05, 0.1) is 5.69 Å². The van der Waals surface area contributed by atoms with Gasteiger partial charge in [-0.3, -0.25) is 9.59 Å². The molecule has 0 fully saturated rings. The van der Waals surface area contributed by atoms with E-state index in [2.05, 4.69) is 5.32 Å². The zero-order chi connectivity index (χ0) is 21.3. The first kappa shape index (κ1) is 20.3. The van der Waals surface area contributed by atoms with Crippen LogP contribution in [0.1, 0.15) is 11.1 Å². The molecule has 4 rings (SSSR count). The molecule has 4 nitrogen and oxygen atoms in total. The molecule has 30 heavy (non-hydrogen) atoms. The number of nitrogens with one attached hydrogen (secondary N) is 1. The van der Waals surface area contributed by atoms with E-state index >= 15 is 0 Å². The Bertz CT molecular complexity index is 1070. The van der Waals surface area contributed by atoms with Gasteiger partial charge in [-0.1, -0.05) is 58.8 Å². The zero-order valence-electron chi connectivity index (χ0n) is 16.5. The summed E-state index contributed by atoms with van der Waals surface area (Å²) in [6, 6.07) is 22.2. The number of carbonyl (C=O) groups is 2. The van der Waals surface area contributed by atoms with Gasteiger partial charge in [-0.05, 0) is 62.4 Å². The van der Waals surface area contributed by atoms with Gasteiger partial charge in [0.25, 0.3) is 11.8 Å². The molecule has 1 heterocycles. The molecule has 6 heteroatoms. The van der Waals surface area contributed by atoms with Crippen LogP contribution in [-0.2, 0) is 9.59 Å². The number of imide groups is 1. The number of amides is 2. The van der Waals surface area contributed by atoms with Crippen molar-refractivity contribution >= 4 is 46.6 Å². The molecule has 0 atom stereocenters. The number of aryl methyl sites for hydroxylation is 2. The number of nitrogens with zero attached hydrogens (tertiary/aromatic N) is 1.